The first-order chi connectivity index (χ1) is 12.6. The number of carbonyl (C=O) groups excluding carboxylic acids is 2. The average molecular weight is 359 g/mol. The van der Waals surface area contributed by atoms with Gasteiger partial charge in [-0.3, -0.25) is 9.59 Å². The van der Waals surface area contributed by atoms with Crippen molar-refractivity contribution in [2.75, 3.05) is 19.9 Å². The van der Waals surface area contributed by atoms with Crippen molar-refractivity contribution in [1.29, 1.82) is 0 Å². The van der Waals surface area contributed by atoms with E-state index in [2.05, 4.69) is 10.3 Å². The first kappa shape index (κ1) is 16.2. The molecule has 1 aromatic heterocycles. The second-order valence-electron chi connectivity index (χ2n) is 5.90. The van der Waals surface area contributed by atoms with Crippen molar-refractivity contribution in [3.8, 4) is 17.2 Å². The van der Waals surface area contributed by atoms with Crippen LogP contribution < -0.4 is 19.5 Å². The average Bonchev–Trinajstić information content (AvgIpc) is 3.30. The molecule has 2 amide bonds. The van der Waals surface area contributed by atoms with Crippen LogP contribution in [0.15, 0.2) is 28.9 Å². The molecule has 2 aromatic rings. The smallest absolute Gasteiger partial charge is 0.276 e. The van der Waals surface area contributed by atoms with Crippen LogP contribution in [0, 0.1) is 0 Å². The number of oxazole rings is 1. The number of ether oxygens (including phenoxy) is 3. The third kappa shape index (κ3) is 3.03. The second-order valence-corrected chi connectivity index (χ2v) is 5.90. The van der Waals surface area contributed by atoms with Gasteiger partial charge in [0.2, 0.25) is 18.6 Å². The first-order valence-corrected chi connectivity index (χ1v) is 8.17. The molecule has 0 bridgehead atoms. The molecular weight excluding hydrogens is 342 g/mol. The molecule has 3 heterocycles. The van der Waals surface area contributed by atoms with Gasteiger partial charge in [0.1, 0.15) is 18.1 Å². The van der Waals surface area contributed by atoms with E-state index in [1.807, 2.05) is 0 Å². The molecule has 9 heteroatoms. The van der Waals surface area contributed by atoms with Gasteiger partial charge < -0.3 is 28.8 Å². The maximum Gasteiger partial charge on any atom is 0.276 e. The van der Waals surface area contributed by atoms with E-state index in [-0.39, 0.29) is 36.8 Å². The predicted molar refractivity (Wildman–Crippen MR) is 86.9 cm³/mol. The van der Waals surface area contributed by atoms with Gasteiger partial charge in [-0.15, -0.1) is 0 Å². The lowest BCUT2D eigenvalue weighted by atomic mass is 10.2. The minimum atomic E-state index is -0.540. The molecule has 1 fully saturated rings. The predicted octanol–water partition coefficient (Wildman–Crippen LogP) is 0.943. The molecule has 0 spiro atoms. The number of amides is 2. The summed E-state index contributed by atoms with van der Waals surface area (Å²) in [6, 6.07) is 4.67. The summed E-state index contributed by atoms with van der Waals surface area (Å²) in [4.78, 5) is 29.9. The van der Waals surface area contributed by atoms with Crippen LogP contribution in [0.3, 0.4) is 0 Å². The van der Waals surface area contributed by atoms with Crippen molar-refractivity contribution in [3.63, 3.8) is 0 Å². The second kappa shape index (κ2) is 6.58. The third-order valence-electron chi connectivity index (χ3n) is 4.24. The summed E-state index contributed by atoms with van der Waals surface area (Å²) in [7, 11) is 0. The van der Waals surface area contributed by atoms with Crippen molar-refractivity contribution in [2.24, 2.45) is 0 Å². The van der Waals surface area contributed by atoms with Gasteiger partial charge in [-0.05, 0) is 19.1 Å². The summed E-state index contributed by atoms with van der Waals surface area (Å²) in [6.07, 6.45) is 1.28. The van der Waals surface area contributed by atoms with Gasteiger partial charge in [0.05, 0.1) is 0 Å². The summed E-state index contributed by atoms with van der Waals surface area (Å²) in [5.41, 5.74) is 0.149. The maximum absolute atomic E-state index is 12.5. The summed E-state index contributed by atoms with van der Waals surface area (Å²) in [6.45, 7) is 2.78. The molecule has 136 valence electrons. The lowest BCUT2D eigenvalue weighted by Crippen LogP contribution is -2.55. The standard InChI is InChI=1S/C17H17N3O6/c1-10-16(21)18-4-5-20(10)17(22)12-7-24-15(19-12)8-23-11-2-3-13-14(6-11)26-9-25-13/h2-3,6-7,10H,4-5,8-9H2,1H3,(H,18,21). The maximum atomic E-state index is 12.5. The van der Waals surface area contributed by atoms with E-state index in [0.29, 0.717) is 30.3 Å². The Bertz CT molecular complexity index is 849. The number of hydrogen-bond acceptors (Lipinski definition) is 7. The molecule has 4 rings (SSSR count). The lowest BCUT2D eigenvalue weighted by molar-refractivity contribution is -0.127. The zero-order valence-electron chi connectivity index (χ0n) is 14.1. The van der Waals surface area contributed by atoms with E-state index in [4.69, 9.17) is 18.6 Å². The number of rotatable bonds is 4. The van der Waals surface area contributed by atoms with Gasteiger partial charge in [0.25, 0.3) is 5.91 Å². The highest BCUT2D eigenvalue weighted by Crippen LogP contribution is 2.35. The van der Waals surface area contributed by atoms with Crippen LogP contribution in [-0.2, 0) is 11.4 Å². The lowest BCUT2D eigenvalue weighted by Gasteiger charge is -2.32. The van der Waals surface area contributed by atoms with E-state index < -0.39 is 6.04 Å². The summed E-state index contributed by atoms with van der Waals surface area (Å²) >= 11 is 0. The fourth-order valence-corrected chi connectivity index (χ4v) is 2.79. The van der Waals surface area contributed by atoms with Crippen molar-refractivity contribution in [1.82, 2.24) is 15.2 Å². The Morgan fingerprint density at radius 2 is 2.23 bits per heavy atom. The van der Waals surface area contributed by atoms with Crippen LogP contribution in [-0.4, -0.2) is 47.6 Å². The summed E-state index contributed by atoms with van der Waals surface area (Å²) in [5, 5.41) is 2.71. The molecule has 0 saturated carbocycles. The Morgan fingerprint density at radius 1 is 1.38 bits per heavy atom. The van der Waals surface area contributed by atoms with Crippen LogP contribution in [0.2, 0.25) is 0 Å². The minimum Gasteiger partial charge on any atom is -0.484 e. The summed E-state index contributed by atoms with van der Waals surface area (Å²) in [5.74, 6) is 1.59. The SMILES string of the molecule is CC1C(=O)NCCN1C(=O)c1coc(COc2ccc3c(c2)OCO3)n1. The molecular formula is C17H17N3O6. The fourth-order valence-electron chi connectivity index (χ4n) is 2.79. The fraction of sp³-hybridized carbons (Fsp3) is 0.353. The highest BCUT2D eigenvalue weighted by molar-refractivity contribution is 5.96. The number of fused-ring (bicyclic) bond motifs is 1. The van der Waals surface area contributed by atoms with Gasteiger partial charge in [-0.1, -0.05) is 0 Å². The molecule has 1 unspecified atom stereocenters. The molecule has 0 aliphatic carbocycles. The number of aromatic nitrogens is 1. The zero-order valence-corrected chi connectivity index (χ0v) is 14.1. The summed E-state index contributed by atoms with van der Waals surface area (Å²) < 4.78 is 21.5. The quantitative estimate of drug-likeness (QED) is 0.866. The van der Waals surface area contributed by atoms with Gasteiger partial charge in [0, 0.05) is 19.2 Å². The molecule has 0 radical (unpaired) electrons. The Hall–Kier alpha value is -3.23. The van der Waals surface area contributed by atoms with Gasteiger partial charge in [-0.2, -0.15) is 0 Å². The van der Waals surface area contributed by atoms with Crippen molar-refractivity contribution >= 4 is 11.8 Å². The van der Waals surface area contributed by atoms with E-state index in [9.17, 15) is 9.59 Å². The minimum absolute atomic E-state index is 0.0585. The molecule has 2 aliphatic heterocycles. The van der Waals surface area contributed by atoms with Crippen molar-refractivity contribution in [2.45, 2.75) is 19.6 Å². The number of benzene rings is 1. The monoisotopic (exact) mass is 359 g/mol. The Kier molecular flexibility index (Phi) is 4.11. The normalized spacial score (nSPS) is 18.6. The Labute approximate surface area is 148 Å². The zero-order chi connectivity index (χ0) is 18.1. The van der Waals surface area contributed by atoms with E-state index in [0.717, 1.165) is 0 Å². The van der Waals surface area contributed by atoms with E-state index in [1.165, 1.54) is 11.2 Å². The third-order valence-corrected chi connectivity index (χ3v) is 4.24. The highest BCUT2D eigenvalue weighted by Gasteiger charge is 2.31. The first-order valence-electron chi connectivity index (χ1n) is 8.17. The highest BCUT2D eigenvalue weighted by atomic mass is 16.7. The van der Waals surface area contributed by atoms with Crippen LogP contribution in [0.25, 0.3) is 0 Å². The molecule has 1 N–H and O–H groups in total. The molecule has 26 heavy (non-hydrogen) atoms. The van der Waals surface area contributed by atoms with E-state index in [1.54, 1.807) is 25.1 Å². The van der Waals surface area contributed by atoms with Gasteiger partial charge in [0.15, 0.2) is 23.8 Å². The number of nitrogens with zero attached hydrogens (tertiary/aromatic N) is 2. The molecule has 1 saturated heterocycles. The van der Waals surface area contributed by atoms with Crippen LogP contribution in [0.1, 0.15) is 23.3 Å². The molecule has 1 atom stereocenters. The van der Waals surface area contributed by atoms with E-state index >= 15 is 0 Å². The number of hydrogen-bond donors (Lipinski definition) is 1. The molecule has 9 nitrogen and oxygen atoms in total. The Balaban J connectivity index is 1.40. The largest absolute Gasteiger partial charge is 0.484 e. The van der Waals surface area contributed by atoms with Gasteiger partial charge >= 0.3 is 0 Å². The Morgan fingerprint density at radius 3 is 3.12 bits per heavy atom. The van der Waals surface area contributed by atoms with Crippen molar-refractivity contribution < 1.29 is 28.2 Å². The topological polar surface area (TPSA) is 103 Å². The number of piperazine rings is 1. The molecule has 1 aromatic carbocycles. The van der Waals surface area contributed by atoms with Crippen LogP contribution >= 0.6 is 0 Å². The van der Waals surface area contributed by atoms with Crippen LogP contribution in [0.5, 0.6) is 17.2 Å². The molecule has 2 aliphatic rings. The number of carbonyl (C=O) groups is 2. The van der Waals surface area contributed by atoms with Crippen molar-refractivity contribution in [3.05, 3.63) is 36.0 Å². The van der Waals surface area contributed by atoms with Gasteiger partial charge in [-0.25, -0.2) is 4.98 Å². The van der Waals surface area contributed by atoms with Crippen LogP contribution in [0.4, 0.5) is 0 Å². The number of nitrogens with one attached hydrogen (secondary N) is 1.